The highest BCUT2D eigenvalue weighted by atomic mass is 32.1. The second-order valence-electron chi connectivity index (χ2n) is 9.70. The van der Waals surface area contributed by atoms with Gasteiger partial charge in [-0.05, 0) is 100 Å². The second-order valence-corrected chi connectivity index (χ2v) is 10.1. The molecule has 0 saturated carbocycles. The van der Waals surface area contributed by atoms with Crippen LogP contribution in [-0.2, 0) is 16.0 Å². The highest BCUT2D eigenvalue weighted by Gasteiger charge is 2.35. The Labute approximate surface area is 207 Å². The number of benzene rings is 2. The fourth-order valence-corrected chi connectivity index (χ4v) is 5.32. The molecule has 2 aromatic rings. The fraction of sp³-hybridized carbons (Fsp3) is 0.321. The van der Waals surface area contributed by atoms with E-state index in [4.69, 9.17) is 12.2 Å². The van der Waals surface area contributed by atoms with E-state index in [1.54, 1.807) is 6.08 Å². The predicted octanol–water partition coefficient (Wildman–Crippen LogP) is 5.49. The van der Waals surface area contributed by atoms with E-state index >= 15 is 0 Å². The average molecular weight is 474 g/mol. The minimum atomic E-state index is -0.480. The fourth-order valence-electron chi connectivity index (χ4n) is 5.04. The summed E-state index contributed by atoms with van der Waals surface area (Å²) < 4.78 is 0. The Kier molecular flexibility index (Phi) is 6.21. The quantitative estimate of drug-likeness (QED) is 0.362. The Balaban J connectivity index is 1.73. The van der Waals surface area contributed by atoms with Crippen LogP contribution in [0.25, 0.3) is 11.6 Å². The van der Waals surface area contributed by atoms with Gasteiger partial charge in [0.25, 0.3) is 11.8 Å². The van der Waals surface area contributed by atoms with Gasteiger partial charge in [-0.3, -0.25) is 19.8 Å². The van der Waals surface area contributed by atoms with E-state index in [1.807, 2.05) is 36.4 Å². The molecule has 0 aliphatic carbocycles. The van der Waals surface area contributed by atoms with Crippen LogP contribution in [0.1, 0.15) is 58.2 Å². The van der Waals surface area contributed by atoms with Gasteiger partial charge >= 0.3 is 0 Å². The molecule has 0 atom stereocenters. The number of carbonyl (C=O) groups excluding carboxylic acids is 2. The minimum absolute atomic E-state index is 0.0617. The van der Waals surface area contributed by atoms with Crippen LogP contribution in [0.2, 0.25) is 0 Å². The van der Waals surface area contributed by atoms with Gasteiger partial charge in [0.15, 0.2) is 5.11 Å². The van der Waals surface area contributed by atoms with Gasteiger partial charge in [-0.1, -0.05) is 31.2 Å². The summed E-state index contributed by atoms with van der Waals surface area (Å²) in [5.74, 6) is -0.903. The first-order valence-electron chi connectivity index (χ1n) is 11.7. The molecule has 0 radical (unpaired) electrons. The van der Waals surface area contributed by atoms with E-state index in [-0.39, 0.29) is 16.2 Å². The van der Waals surface area contributed by atoms with E-state index in [0.29, 0.717) is 11.7 Å². The Hall–Kier alpha value is -3.25. The molecule has 1 fully saturated rings. The van der Waals surface area contributed by atoms with Crippen molar-refractivity contribution in [3.8, 4) is 0 Å². The van der Waals surface area contributed by atoms with Crippen LogP contribution in [0.4, 0.5) is 11.4 Å². The SMILES string of the molecule is CCc1ccc(N2C(=O)/C(=C/c3ccc4c(c3)C(C)=CC(C)(C)N4C(C)C)C(=O)NC2=S)cc1. The molecule has 2 amide bonds. The van der Waals surface area contributed by atoms with Gasteiger partial charge in [0.2, 0.25) is 0 Å². The summed E-state index contributed by atoms with van der Waals surface area (Å²) in [6, 6.07) is 14.0. The number of rotatable bonds is 4. The molecule has 0 unspecified atom stereocenters. The molecular weight excluding hydrogens is 442 g/mol. The number of amides is 2. The summed E-state index contributed by atoms with van der Waals surface area (Å²) in [5.41, 5.74) is 5.99. The first kappa shape index (κ1) is 23.9. The Bertz CT molecular complexity index is 1240. The molecule has 0 aromatic heterocycles. The number of hydrogen-bond acceptors (Lipinski definition) is 4. The molecule has 6 heteroatoms. The van der Waals surface area contributed by atoms with Gasteiger partial charge in [-0.2, -0.15) is 0 Å². The zero-order valence-corrected chi connectivity index (χ0v) is 21.4. The largest absolute Gasteiger partial charge is 0.360 e. The van der Waals surface area contributed by atoms with E-state index < -0.39 is 11.8 Å². The van der Waals surface area contributed by atoms with Crippen molar-refractivity contribution in [1.29, 1.82) is 0 Å². The summed E-state index contributed by atoms with van der Waals surface area (Å²) in [6.45, 7) is 13.0. The molecule has 34 heavy (non-hydrogen) atoms. The van der Waals surface area contributed by atoms with Gasteiger partial charge in [0.05, 0.1) is 11.2 Å². The Morgan fingerprint density at radius 1 is 1.09 bits per heavy atom. The molecule has 0 spiro atoms. The van der Waals surface area contributed by atoms with Gasteiger partial charge < -0.3 is 4.90 Å². The van der Waals surface area contributed by atoms with Crippen molar-refractivity contribution in [3.63, 3.8) is 0 Å². The third-order valence-corrected chi connectivity index (χ3v) is 6.71. The van der Waals surface area contributed by atoms with Crippen molar-refractivity contribution in [2.24, 2.45) is 0 Å². The van der Waals surface area contributed by atoms with Crippen LogP contribution in [0.15, 0.2) is 54.1 Å². The second kappa shape index (κ2) is 8.84. The number of thiocarbonyl (C=S) groups is 1. The van der Waals surface area contributed by atoms with Crippen molar-refractivity contribution in [2.75, 3.05) is 9.80 Å². The molecule has 1 saturated heterocycles. The van der Waals surface area contributed by atoms with Crippen LogP contribution in [0.3, 0.4) is 0 Å². The number of nitrogens with zero attached hydrogens (tertiary/aromatic N) is 2. The molecule has 2 aliphatic rings. The molecule has 176 valence electrons. The van der Waals surface area contributed by atoms with Crippen LogP contribution >= 0.6 is 12.2 Å². The maximum atomic E-state index is 13.4. The molecule has 4 rings (SSSR count). The lowest BCUT2D eigenvalue weighted by molar-refractivity contribution is -0.122. The van der Waals surface area contributed by atoms with Gasteiger partial charge in [0, 0.05) is 17.3 Å². The number of allylic oxidation sites excluding steroid dienone is 1. The zero-order chi connectivity index (χ0) is 24.8. The summed E-state index contributed by atoms with van der Waals surface area (Å²) >= 11 is 5.33. The summed E-state index contributed by atoms with van der Waals surface area (Å²) in [7, 11) is 0. The minimum Gasteiger partial charge on any atom is -0.360 e. The maximum absolute atomic E-state index is 13.4. The van der Waals surface area contributed by atoms with Gasteiger partial charge in [0.1, 0.15) is 5.57 Å². The topological polar surface area (TPSA) is 52.7 Å². The summed E-state index contributed by atoms with van der Waals surface area (Å²) in [6.07, 6.45) is 4.82. The lowest BCUT2D eigenvalue weighted by Gasteiger charge is -2.46. The maximum Gasteiger partial charge on any atom is 0.270 e. The molecule has 2 heterocycles. The Morgan fingerprint density at radius 2 is 1.76 bits per heavy atom. The van der Waals surface area contributed by atoms with Crippen LogP contribution < -0.4 is 15.1 Å². The Morgan fingerprint density at radius 3 is 2.38 bits per heavy atom. The van der Waals surface area contributed by atoms with Crippen LogP contribution in [-0.4, -0.2) is 28.5 Å². The van der Waals surface area contributed by atoms with E-state index in [0.717, 1.165) is 28.8 Å². The van der Waals surface area contributed by atoms with Crippen molar-refractivity contribution in [1.82, 2.24) is 5.32 Å². The number of aryl methyl sites for hydroxylation is 1. The zero-order valence-electron chi connectivity index (χ0n) is 20.6. The molecular formula is C28H31N3O2S. The number of nitrogens with one attached hydrogen (secondary N) is 1. The third kappa shape index (κ3) is 4.18. The van der Waals surface area contributed by atoms with E-state index in [9.17, 15) is 9.59 Å². The van der Waals surface area contributed by atoms with Crippen LogP contribution in [0.5, 0.6) is 0 Å². The van der Waals surface area contributed by atoms with Gasteiger partial charge in [-0.15, -0.1) is 0 Å². The molecule has 0 bridgehead atoms. The predicted molar refractivity (Wildman–Crippen MR) is 144 cm³/mol. The van der Waals surface area contributed by atoms with Crippen molar-refractivity contribution >= 4 is 52.2 Å². The van der Waals surface area contributed by atoms with Crippen molar-refractivity contribution in [3.05, 3.63) is 70.8 Å². The number of fused-ring (bicyclic) bond motifs is 1. The molecule has 2 aromatic carbocycles. The first-order valence-corrected chi connectivity index (χ1v) is 12.1. The molecule has 1 N–H and O–H groups in total. The summed E-state index contributed by atoms with van der Waals surface area (Å²) in [4.78, 5) is 29.9. The number of anilines is 2. The highest BCUT2D eigenvalue weighted by Crippen LogP contribution is 2.40. The van der Waals surface area contributed by atoms with Crippen molar-refractivity contribution < 1.29 is 9.59 Å². The number of carbonyl (C=O) groups is 2. The lowest BCUT2D eigenvalue weighted by Crippen LogP contribution is -2.54. The monoisotopic (exact) mass is 473 g/mol. The molecule has 5 nitrogen and oxygen atoms in total. The van der Waals surface area contributed by atoms with Gasteiger partial charge in [-0.25, -0.2) is 0 Å². The smallest absolute Gasteiger partial charge is 0.270 e. The van der Waals surface area contributed by atoms with Crippen molar-refractivity contribution in [2.45, 2.75) is 59.5 Å². The lowest BCUT2D eigenvalue weighted by atomic mass is 9.86. The normalized spacial score (nSPS) is 18.9. The standard InChI is InChI=1S/C28H31N3O2S/c1-7-19-8-11-21(12-9-19)30-26(33)23(25(32)29-27(30)34)15-20-10-13-24-22(14-20)18(4)16-28(5,6)31(24)17(2)3/h8-17H,7H2,1-6H3,(H,29,32,34)/b23-15+. The number of hydrogen-bond donors (Lipinski definition) is 1. The molecule has 2 aliphatic heterocycles. The highest BCUT2D eigenvalue weighted by molar-refractivity contribution is 7.80. The third-order valence-electron chi connectivity index (χ3n) is 6.43. The van der Waals surface area contributed by atoms with E-state index in [2.05, 4.69) is 63.9 Å². The summed E-state index contributed by atoms with van der Waals surface area (Å²) in [5, 5.41) is 2.76. The first-order chi connectivity index (χ1) is 16.0. The van der Waals surface area contributed by atoms with E-state index in [1.165, 1.54) is 10.5 Å². The average Bonchev–Trinajstić information content (AvgIpc) is 2.76. The van der Waals surface area contributed by atoms with Crippen LogP contribution in [0, 0.1) is 0 Å².